The second-order valence-corrected chi connectivity index (χ2v) is 6.66. The number of alkyl halides is 2. The van der Waals surface area contributed by atoms with Crippen LogP contribution in [-0.2, 0) is 4.79 Å². The lowest BCUT2D eigenvalue weighted by atomic mass is 9.84. The number of pyridine rings is 1. The van der Waals surface area contributed by atoms with Crippen LogP contribution in [0.2, 0.25) is 5.02 Å². The number of amides is 1. The van der Waals surface area contributed by atoms with Gasteiger partial charge in [-0.15, -0.1) is 0 Å². The van der Waals surface area contributed by atoms with Crippen molar-refractivity contribution < 1.29 is 13.6 Å². The Hall–Kier alpha value is -1.43. The van der Waals surface area contributed by atoms with E-state index < -0.39 is 11.8 Å². The molecule has 2 fully saturated rings. The molecule has 1 aliphatic carbocycles. The van der Waals surface area contributed by atoms with Gasteiger partial charge in [0.1, 0.15) is 11.2 Å². The van der Waals surface area contributed by atoms with E-state index in [4.69, 9.17) is 11.6 Å². The van der Waals surface area contributed by atoms with Crippen LogP contribution in [0.3, 0.4) is 0 Å². The number of piperazine rings is 1. The summed E-state index contributed by atoms with van der Waals surface area (Å²) < 4.78 is 27.0. The summed E-state index contributed by atoms with van der Waals surface area (Å²) in [5, 5.41) is 0.562. The van der Waals surface area contributed by atoms with Crippen LogP contribution in [0.5, 0.6) is 0 Å². The molecule has 126 valence electrons. The third-order valence-electron chi connectivity index (χ3n) is 4.94. The van der Waals surface area contributed by atoms with Crippen molar-refractivity contribution in [3.05, 3.63) is 23.4 Å². The number of aromatic nitrogens is 1. The molecule has 0 spiro atoms. The minimum Gasteiger partial charge on any atom is -0.352 e. The zero-order chi connectivity index (χ0) is 16.4. The molecule has 1 saturated carbocycles. The lowest BCUT2D eigenvalue weighted by molar-refractivity contribution is -0.152. The highest BCUT2D eigenvalue weighted by Gasteiger charge is 2.51. The monoisotopic (exact) mass is 343 g/mol. The van der Waals surface area contributed by atoms with E-state index in [1.54, 1.807) is 23.2 Å². The van der Waals surface area contributed by atoms with Gasteiger partial charge in [-0.2, -0.15) is 0 Å². The Morgan fingerprint density at radius 2 is 1.87 bits per heavy atom. The van der Waals surface area contributed by atoms with Gasteiger partial charge in [0, 0.05) is 32.4 Å². The first-order chi connectivity index (χ1) is 11.0. The smallest absolute Gasteiger partial charge is 0.252 e. The Kier molecular flexibility index (Phi) is 4.71. The van der Waals surface area contributed by atoms with Gasteiger partial charge in [0.15, 0.2) is 0 Å². The molecule has 1 aromatic heterocycles. The molecule has 0 N–H and O–H groups in total. The first-order valence-electron chi connectivity index (χ1n) is 7.97. The Bertz CT molecular complexity index is 570. The van der Waals surface area contributed by atoms with Gasteiger partial charge in [0.2, 0.25) is 5.91 Å². The van der Waals surface area contributed by atoms with Gasteiger partial charge in [0.25, 0.3) is 6.43 Å². The molecule has 1 aliphatic heterocycles. The van der Waals surface area contributed by atoms with Gasteiger partial charge in [-0.1, -0.05) is 24.4 Å². The highest BCUT2D eigenvalue weighted by molar-refractivity contribution is 6.32. The first-order valence-corrected chi connectivity index (χ1v) is 8.35. The van der Waals surface area contributed by atoms with E-state index in [1.807, 2.05) is 4.90 Å². The molecule has 1 saturated heterocycles. The van der Waals surface area contributed by atoms with Crippen molar-refractivity contribution in [1.29, 1.82) is 0 Å². The normalized spacial score (nSPS) is 21.0. The van der Waals surface area contributed by atoms with Gasteiger partial charge in [-0.3, -0.25) is 4.79 Å². The molecule has 4 nitrogen and oxygen atoms in total. The van der Waals surface area contributed by atoms with Crippen LogP contribution in [0, 0.1) is 5.41 Å². The fourth-order valence-corrected chi connectivity index (χ4v) is 3.82. The molecule has 0 unspecified atom stereocenters. The van der Waals surface area contributed by atoms with E-state index >= 15 is 0 Å². The van der Waals surface area contributed by atoms with Crippen LogP contribution in [-0.4, -0.2) is 48.4 Å². The Balaban J connectivity index is 1.67. The number of anilines is 1. The van der Waals surface area contributed by atoms with E-state index in [9.17, 15) is 13.6 Å². The second-order valence-electron chi connectivity index (χ2n) is 6.25. The van der Waals surface area contributed by atoms with Crippen molar-refractivity contribution in [3.63, 3.8) is 0 Å². The summed E-state index contributed by atoms with van der Waals surface area (Å²) in [5.74, 6) is 0.308. The molecule has 23 heavy (non-hydrogen) atoms. The summed E-state index contributed by atoms with van der Waals surface area (Å²) in [4.78, 5) is 20.5. The van der Waals surface area contributed by atoms with E-state index in [1.165, 1.54) is 0 Å². The largest absolute Gasteiger partial charge is 0.352 e. The van der Waals surface area contributed by atoms with Gasteiger partial charge < -0.3 is 9.80 Å². The molecular weight excluding hydrogens is 324 g/mol. The Labute approximate surface area is 139 Å². The fraction of sp³-hybridized carbons (Fsp3) is 0.625. The molecule has 0 aromatic carbocycles. The predicted octanol–water partition coefficient (Wildman–Crippen LogP) is 3.21. The SMILES string of the molecule is O=C(N1CCN(c2ncccc2Cl)CC1)C1(C(F)F)CCCC1. The first kappa shape index (κ1) is 16.4. The van der Waals surface area contributed by atoms with Crippen LogP contribution in [0.25, 0.3) is 0 Å². The number of carbonyl (C=O) groups excluding carboxylic acids is 1. The number of nitrogens with zero attached hydrogens (tertiary/aromatic N) is 3. The summed E-state index contributed by atoms with van der Waals surface area (Å²) in [5.41, 5.74) is -1.45. The van der Waals surface area contributed by atoms with Crippen molar-refractivity contribution in [1.82, 2.24) is 9.88 Å². The maximum atomic E-state index is 13.5. The van der Waals surface area contributed by atoms with Crippen LogP contribution >= 0.6 is 11.6 Å². The third kappa shape index (κ3) is 3.01. The molecule has 0 radical (unpaired) electrons. The summed E-state index contributed by atoms with van der Waals surface area (Å²) in [6.45, 7) is 1.98. The quantitative estimate of drug-likeness (QED) is 0.845. The van der Waals surface area contributed by atoms with E-state index in [2.05, 4.69) is 4.98 Å². The van der Waals surface area contributed by atoms with Crippen molar-refractivity contribution in [2.24, 2.45) is 5.41 Å². The third-order valence-corrected chi connectivity index (χ3v) is 5.24. The minimum atomic E-state index is -2.58. The molecule has 7 heteroatoms. The van der Waals surface area contributed by atoms with Crippen molar-refractivity contribution >= 4 is 23.3 Å². The average molecular weight is 344 g/mol. The van der Waals surface area contributed by atoms with Crippen molar-refractivity contribution in [3.8, 4) is 0 Å². The summed E-state index contributed by atoms with van der Waals surface area (Å²) >= 11 is 6.14. The van der Waals surface area contributed by atoms with Gasteiger partial charge in [0.05, 0.1) is 5.02 Å². The number of rotatable bonds is 3. The molecule has 0 bridgehead atoms. The van der Waals surface area contributed by atoms with Crippen LogP contribution in [0.4, 0.5) is 14.6 Å². The van der Waals surface area contributed by atoms with Gasteiger partial charge >= 0.3 is 0 Å². The van der Waals surface area contributed by atoms with Crippen LogP contribution in [0.15, 0.2) is 18.3 Å². The molecule has 2 heterocycles. The summed E-state index contributed by atoms with van der Waals surface area (Å²) in [6, 6.07) is 3.53. The molecule has 3 rings (SSSR count). The second kappa shape index (κ2) is 6.59. The lowest BCUT2D eigenvalue weighted by Crippen LogP contribution is -2.54. The Morgan fingerprint density at radius 1 is 1.22 bits per heavy atom. The Morgan fingerprint density at radius 3 is 2.43 bits per heavy atom. The van der Waals surface area contributed by atoms with Gasteiger partial charge in [-0.05, 0) is 25.0 Å². The standard InChI is InChI=1S/C16H20ClF2N3O/c17-12-4-3-7-20-13(12)21-8-10-22(11-9-21)15(23)16(14(18)19)5-1-2-6-16/h3-4,7,14H,1-2,5-6,8-11H2. The van der Waals surface area contributed by atoms with Crippen LogP contribution in [0.1, 0.15) is 25.7 Å². The fourth-order valence-electron chi connectivity index (χ4n) is 3.58. The van der Waals surface area contributed by atoms with Crippen LogP contribution < -0.4 is 4.90 Å². The lowest BCUT2D eigenvalue weighted by Gasteiger charge is -2.40. The van der Waals surface area contributed by atoms with Gasteiger partial charge in [-0.25, -0.2) is 13.8 Å². The summed E-state index contributed by atoms with van der Waals surface area (Å²) in [7, 11) is 0. The number of carbonyl (C=O) groups is 1. The molecular formula is C16H20ClF2N3O. The highest BCUT2D eigenvalue weighted by atomic mass is 35.5. The maximum absolute atomic E-state index is 13.5. The maximum Gasteiger partial charge on any atom is 0.252 e. The van der Waals surface area contributed by atoms with Crippen molar-refractivity contribution in [2.45, 2.75) is 32.1 Å². The van der Waals surface area contributed by atoms with E-state index in [0.717, 1.165) is 0 Å². The predicted molar refractivity (Wildman–Crippen MR) is 84.9 cm³/mol. The number of hydrogen-bond acceptors (Lipinski definition) is 3. The minimum absolute atomic E-state index is 0.301. The molecule has 0 atom stereocenters. The average Bonchev–Trinajstić information content (AvgIpc) is 3.06. The summed E-state index contributed by atoms with van der Waals surface area (Å²) in [6.07, 6.45) is 1.11. The number of hydrogen-bond donors (Lipinski definition) is 0. The zero-order valence-corrected chi connectivity index (χ0v) is 13.6. The topological polar surface area (TPSA) is 36.4 Å². The zero-order valence-electron chi connectivity index (χ0n) is 12.9. The molecule has 2 aliphatic rings. The molecule has 1 aromatic rings. The van der Waals surface area contributed by atoms with Crippen molar-refractivity contribution in [2.75, 3.05) is 31.1 Å². The molecule has 1 amide bonds. The van der Waals surface area contributed by atoms with E-state index in [-0.39, 0.29) is 5.91 Å². The number of halogens is 3. The highest BCUT2D eigenvalue weighted by Crippen LogP contribution is 2.44. The van der Waals surface area contributed by atoms with E-state index in [0.29, 0.717) is 62.7 Å².